The molecule has 0 saturated heterocycles. The van der Waals surface area contributed by atoms with Gasteiger partial charge in [0.1, 0.15) is 12.7 Å². The number of hydrogen-bond donors (Lipinski definition) is 0. The van der Waals surface area contributed by atoms with Crippen LogP contribution in [0.3, 0.4) is 0 Å². The normalized spacial score (nSPS) is 11.0. The molecule has 0 fully saturated rings. The summed E-state index contributed by atoms with van der Waals surface area (Å²) in [6, 6.07) is 9.57. The Hall–Kier alpha value is -2.53. The maximum absolute atomic E-state index is 11.8. The number of benzene rings is 1. The zero-order valence-corrected chi connectivity index (χ0v) is 11.3. The minimum Gasteiger partial charge on any atom is -0.289 e. The fourth-order valence-corrected chi connectivity index (χ4v) is 2.40. The van der Waals surface area contributed by atoms with Gasteiger partial charge in [-0.2, -0.15) is 16.4 Å². The maximum Gasteiger partial charge on any atom is 0.186 e. The molecule has 0 amide bonds. The van der Waals surface area contributed by atoms with Gasteiger partial charge in [0.05, 0.1) is 5.69 Å². The number of carbonyl (C=O) groups is 1. The highest BCUT2D eigenvalue weighted by atomic mass is 32.1. The molecule has 4 nitrogen and oxygen atoms in total. The summed E-state index contributed by atoms with van der Waals surface area (Å²) in [7, 11) is 0. The van der Waals surface area contributed by atoms with Crippen LogP contribution in [0.2, 0.25) is 0 Å². The van der Waals surface area contributed by atoms with Gasteiger partial charge in [0.15, 0.2) is 5.78 Å². The van der Waals surface area contributed by atoms with E-state index in [-0.39, 0.29) is 5.78 Å². The van der Waals surface area contributed by atoms with Gasteiger partial charge in [0, 0.05) is 10.9 Å². The molecule has 0 bridgehead atoms. The number of carbonyl (C=O) groups excluding carboxylic acids is 1. The molecule has 3 rings (SSSR count). The van der Waals surface area contributed by atoms with E-state index in [2.05, 4.69) is 10.1 Å². The van der Waals surface area contributed by atoms with Gasteiger partial charge in [-0.1, -0.05) is 18.2 Å². The lowest BCUT2D eigenvalue weighted by Gasteiger charge is -2.00. The maximum atomic E-state index is 11.8. The lowest BCUT2D eigenvalue weighted by molar-refractivity contribution is 0.104. The smallest absolute Gasteiger partial charge is 0.186 e. The molecule has 0 radical (unpaired) electrons. The highest BCUT2D eigenvalue weighted by molar-refractivity contribution is 7.08. The van der Waals surface area contributed by atoms with Crippen LogP contribution in [0.15, 0.2) is 59.8 Å². The second kappa shape index (κ2) is 5.63. The third kappa shape index (κ3) is 2.73. The molecule has 0 spiro atoms. The Morgan fingerprint density at radius 3 is 2.70 bits per heavy atom. The number of aromatic nitrogens is 3. The number of nitrogens with zero attached hydrogens (tertiary/aromatic N) is 3. The molecule has 0 aliphatic heterocycles. The van der Waals surface area contributed by atoms with E-state index in [1.54, 1.807) is 17.1 Å². The van der Waals surface area contributed by atoms with Crippen molar-refractivity contribution in [1.82, 2.24) is 14.8 Å². The molecule has 0 N–H and O–H groups in total. The molecule has 0 atom stereocenters. The molecule has 0 aliphatic rings. The first kappa shape index (κ1) is 12.5. The van der Waals surface area contributed by atoms with Gasteiger partial charge in [0.25, 0.3) is 0 Å². The van der Waals surface area contributed by atoms with Crippen LogP contribution >= 0.6 is 11.3 Å². The van der Waals surface area contributed by atoms with Crippen LogP contribution in [0.4, 0.5) is 0 Å². The predicted octanol–water partition coefficient (Wildman–Crippen LogP) is 3.22. The Morgan fingerprint density at radius 2 is 2.05 bits per heavy atom. The molecular formula is C15H11N3OS. The van der Waals surface area contributed by atoms with Crippen LogP contribution in [0.1, 0.15) is 15.9 Å². The molecule has 1 aromatic carbocycles. The van der Waals surface area contributed by atoms with Gasteiger partial charge in [-0.3, -0.25) is 4.79 Å². The average Bonchev–Trinajstić information content (AvgIpc) is 3.18. The topological polar surface area (TPSA) is 47.8 Å². The van der Waals surface area contributed by atoms with Crippen molar-refractivity contribution in [2.45, 2.75) is 0 Å². The zero-order chi connectivity index (χ0) is 13.8. The Labute approximate surface area is 120 Å². The van der Waals surface area contributed by atoms with E-state index in [1.165, 1.54) is 17.7 Å². The molecule has 2 heterocycles. The van der Waals surface area contributed by atoms with E-state index in [9.17, 15) is 4.79 Å². The van der Waals surface area contributed by atoms with Crippen molar-refractivity contribution in [2.75, 3.05) is 0 Å². The van der Waals surface area contributed by atoms with Crippen LogP contribution in [0.25, 0.3) is 11.8 Å². The Bertz CT molecular complexity index is 713. The second-order valence-corrected chi connectivity index (χ2v) is 4.92. The first-order valence-electron chi connectivity index (χ1n) is 6.02. The van der Waals surface area contributed by atoms with Crippen molar-refractivity contribution in [3.8, 4) is 5.69 Å². The van der Waals surface area contributed by atoms with Crippen LogP contribution in [-0.2, 0) is 0 Å². The van der Waals surface area contributed by atoms with Gasteiger partial charge in [-0.25, -0.2) is 9.67 Å². The summed E-state index contributed by atoms with van der Waals surface area (Å²) in [6.07, 6.45) is 6.54. The van der Waals surface area contributed by atoms with Crippen molar-refractivity contribution in [3.05, 3.63) is 70.9 Å². The highest BCUT2D eigenvalue weighted by Gasteiger charge is 2.01. The third-order valence-corrected chi connectivity index (χ3v) is 3.49. The average molecular weight is 281 g/mol. The van der Waals surface area contributed by atoms with Gasteiger partial charge in [-0.15, -0.1) is 0 Å². The van der Waals surface area contributed by atoms with Gasteiger partial charge < -0.3 is 0 Å². The first-order valence-corrected chi connectivity index (χ1v) is 6.97. The number of hydrogen-bond acceptors (Lipinski definition) is 4. The summed E-state index contributed by atoms with van der Waals surface area (Å²) in [5.74, 6) is 0.0200. The van der Waals surface area contributed by atoms with E-state index in [0.717, 1.165) is 16.8 Å². The van der Waals surface area contributed by atoms with Gasteiger partial charge in [-0.05, 0) is 35.2 Å². The molecule has 0 unspecified atom stereocenters. The largest absolute Gasteiger partial charge is 0.289 e. The number of allylic oxidation sites excluding steroid dienone is 1. The van der Waals surface area contributed by atoms with E-state index in [0.29, 0.717) is 0 Å². The predicted molar refractivity (Wildman–Crippen MR) is 79.0 cm³/mol. The van der Waals surface area contributed by atoms with Crippen molar-refractivity contribution in [3.63, 3.8) is 0 Å². The zero-order valence-electron chi connectivity index (χ0n) is 10.5. The number of thiophene rings is 1. The minimum absolute atomic E-state index is 0.0200. The minimum atomic E-state index is 0.0200. The second-order valence-electron chi connectivity index (χ2n) is 4.14. The van der Waals surface area contributed by atoms with Crippen LogP contribution in [0.5, 0.6) is 0 Å². The summed E-state index contributed by atoms with van der Waals surface area (Å²) in [5.41, 5.74) is 2.63. The van der Waals surface area contributed by atoms with E-state index < -0.39 is 0 Å². The van der Waals surface area contributed by atoms with E-state index >= 15 is 0 Å². The summed E-state index contributed by atoms with van der Waals surface area (Å²) in [5, 5.41) is 7.80. The quantitative estimate of drug-likeness (QED) is 0.545. The summed E-state index contributed by atoms with van der Waals surface area (Å²) < 4.78 is 1.68. The Balaban J connectivity index is 1.74. The fraction of sp³-hybridized carbons (Fsp3) is 0. The molecule has 98 valence electrons. The van der Waals surface area contributed by atoms with Gasteiger partial charge in [0.2, 0.25) is 0 Å². The molecular weight excluding hydrogens is 270 g/mol. The van der Waals surface area contributed by atoms with E-state index in [4.69, 9.17) is 0 Å². The van der Waals surface area contributed by atoms with Crippen molar-refractivity contribution >= 4 is 23.2 Å². The standard InChI is InChI=1S/C15H11N3OS/c19-15(13-7-8-20-9-13)6-3-12-1-4-14(5-2-12)18-11-16-10-17-18/h1-11H/b6-3+. The monoisotopic (exact) mass is 281 g/mol. The summed E-state index contributed by atoms with van der Waals surface area (Å²) >= 11 is 1.52. The summed E-state index contributed by atoms with van der Waals surface area (Å²) in [6.45, 7) is 0. The molecule has 0 saturated carbocycles. The van der Waals surface area contributed by atoms with Crippen LogP contribution < -0.4 is 0 Å². The molecule has 20 heavy (non-hydrogen) atoms. The molecule has 5 heteroatoms. The molecule has 2 aromatic heterocycles. The number of ketones is 1. The van der Waals surface area contributed by atoms with Crippen LogP contribution in [-0.4, -0.2) is 20.5 Å². The molecule has 3 aromatic rings. The van der Waals surface area contributed by atoms with Crippen molar-refractivity contribution in [2.24, 2.45) is 0 Å². The van der Waals surface area contributed by atoms with Crippen molar-refractivity contribution in [1.29, 1.82) is 0 Å². The lowest BCUT2D eigenvalue weighted by Crippen LogP contribution is -1.93. The Kier molecular flexibility index (Phi) is 3.52. The third-order valence-electron chi connectivity index (χ3n) is 2.81. The lowest BCUT2D eigenvalue weighted by atomic mass is 10.1. The van der Waals surface area contributed by atoms with Crippen molar-refractivity contribution < 1.29 is 4.79 Å². The first-order chi connectivity index (χ1) is 9.83. The van der Waals surface area contributed by atoms with E-state index in [1.807, 2.05) is 47.2 Å². The Morgan fingerprint density at radius 1 is 1.20 bits per heavy atom. The highest BCUT2D eigenvalue weighted by Crippen LogP contribution is 2.11. The van der Waals surface area contributed by atoms with Crippen LogP contribution in [0, 0.1) is 0 Å². The molecule has 0 aliphatic carbocycles. The summed E-state index contributed by atoms with van der Waals surface area (Å²) in [4.78, 5) is 15.7. The number of rotatable bonds is 4. The fourth-order valence-electron chi connectivity index (χ4n) is 1.75. The SMILES string of the molecule is O=C(/C=C/c1ccc(-n2cncn2)cc1)c1ccsc1. The van der Waals surface area contributed by atoms with Gasteiger partial charge >= 0.3 is 0 Å².